The summed E-state index contributed by atoms with van der Waals surface area (Å²) in [6.45, 7) is 3.92. The van der Waals surface area contributed by atoms with Crippen LogP contribution >= 0.6 is 0 Å². The van der Waals surface area contributed by atoms with Crippen molar-refractivity contribution < 1.29 is 9.90 Å². The summed E-state index contributed by atoms with van der Waals surface area (Å²) in [6, 6.07) is 0.273. The molecule has 0 bridgehead atoms. The smallest absolute Gasteiger partial charge is 0.232 e. The fourth-order valence-electron chi connectivity index (χ4n) is 3.39. The summed E-state index contributed by atoms with van der Waals surface area (Å²) in [7, 11) is 0. The quantitative estimate of drug-likeness (QED) is 0.707. The number of carbonyl (C=O) groups excluding carboxylic acids is 1. The van der Waals surface area contributed by atoms with E-state index in [0.717, 1.165) is 0 Å². The van der Waals surface area contributed by atoms with E-state index in [1.54, 1.807) is 4.90 Å². The molecule has 86 valence electrons. The number of β-lactam (4-membered cyclic amide) rings is 1. The maximum Gasteiger partial charge on any atom is 0.232 e. The first-order valence-corrected chi connectivity index (χ1v) is 6.01. The molecule has 2 rings (SSSR count). The second-order valence-corrected chi connectivity index (χ2v) is 5.48. The van der Waals surface area contributed by atoms with Crippen LogP contribution in [0.4, 0.5) is 0 Å². The molecule has 1 atom stereocenters. The fraction of sp³-hybridized carbons (Fsp3) is 0.917. The summed E-state index contributed by atoms with van der Waals surface area (Å²) in [4.78, 5) is 13.4. The van der Waals surface area contributed by atoms with Crippen LogP contribution in [0.3, 0.4) is 0 Å². The highest BCUT2D eigenvalue weighted by atomic mass is 16.3. The zero-order valence-corrected chi connectivity index (χ0v) is 9.70. The Labute approximate surface area is 91.5 Å². The Kier molecular flexibility index (Phi) is 2.75. The van der Waals surface area contributed by atoms with Crippen LogP contribution in [0.1, 0.15) is 46.0 Å². The molecular weight excluding hydrogens is 190 g/mol. The maximum atomic E-state index is 11.7. The summed E-state index contributed by atoms with van der Waals surface area (Å²) >= 11 is 0. The third-order valence-corrected chi connectivity index (χ3v) is 4.14. The van der Waals surface area contributed by atoms with E-state index in [0.29, 0.717) is 5.92 Å². The van der Waals surface area contributed by atoms with E-state index in [4.69, 9.17) is 0 Å². The van der Waals surface area contributed by atoms with Gasteiger partial charge >= 0.3 is 0 Å². The first-order chi connectivity index (χ1) is 7.09. The molecule has 0 aromatic carbocycles. The third-order valence-electron chi connectivity index (χ3n) is 4.14. The SMILES string of the molecule is CC1(C)C(=O)N(CO)[C@H]1C1CCCCC1. The van der Waals surface area contributed by atoms with Crippen LogP contribution in [0, 0.1) is 11.3 Å². The average molecular weight is 211 g/mol. The highest BCUT2D eigenvalue weighted by Gasteiger charge is 2.56. The minimum atomic E-state index is -0.245. The van der Waals surface area contributed by atoms with Gasteiger partial charge in [-0.1, -0.05) is 19.3 Å². The van der Waals surface area contributed by atoms with Crippen molar-refractivity contribution in [1.82, 2.24) is 4.90 Å². The molecule has 2 fully saturated rings. The van der Waals surface area contributed by atoms with Crippen molar-refractivity contribution >= 4 is 5.91 Å². The minimum absolute atomic E-state index is 0.108. The van der Waals surface area contributed by atoms with Crippen LogP contribution in [-0.4, -0.2) is 28.7 Å². The molecule has 0 aromatic heterocycles. The summed E-state index contributed by atoms with van der Waals surface area (Å²) < 4.78 is 0. The lowest BCUT2D eigenvalue weighted by atomic mass is 9.65. The van der Waals surface area contributed by atoms with Crippen molar-refractivity contribution in [3.05, 3.63) is 0 Å². The number of likely N-dealkylation sites (tertiary alicyclic amines) is 1. The standard InChI is InChI=1S/C12H21NO2/c1-12(2)10(13(8-14)11(12)15)9-6-4-3-5-7-9/h9-10,14H,3-8H2,1-2H3/t10-/m0/s1. The van der Waals surface area contributed by atoms with E-state index in [9.17, 15) is 9.90 Å². The van der Waals surface area contributed by atoms with Gasteiger partial charge in [0.1, 0.15) is 6.73 Å². The third kappa shape index (κ3) is 1.57. The van der Waals surface area contributed by atoms with E-state index in [2.05, 4.69) is 0 Å². The van der Waals surface area contributed by atoms with Gasteiger partial charge in [0.2, 0.25) is 5.91 Å². The van der Waals surface area contributed by atoms with Gasteiger partial charge in [0.25, 0.3) is 0 Å². The number of hydrogen-bond donors (Lipinski definition) is 1. The van der Waals surface area contributed by atoms with Gasteiger partial charge < -0.3 is 10.0 Å². The van der Waals surface area contributed by atoms with Gasteiger partial charge in [0.05, 0.1) is 11.5 Å². The number of aliphatic hydroxyl groups is 1. The van der Waals surface area contributed by atoms with Crippen LogP contribution in [0.15, 0.2) is 0 Å². The molecule has 1 aliphatic carbocycles. The number of amides is 1. The molecule has 1 aliphatic heterocycles. The maximum absolute atomic E-state index is 11.7. The Morgan fingerprint density at radius 1 is 1.33 bits per heavy atom. The van der Waals surface area contributed by atoms with Gasteiger partial charge in [-0.05, 0) is 32.6 Å². The highest BCUT2D eigenvalue weighted by molar-refractivity contribution is 5.89. The zero-order valence-electron chi connectivity index (χ0n) is 9.70. The highest BCUT2D eigenvalue weighted by Crippen LogP contribution is 2.46. The van der Waals surface area contributed by atoms with Gasteiger partial charge in [-0.25, -0.2) is 0 Å². The van der Waals surface area contributed by atoms with E-state index in [1.165, 1.54) is 32.1 Å². The second-order valence-electron chi connectivity index (χ2n) is 5.48. The fourth-order valence-corrected chi connectivity index (χ4v) is 3.39. The predicted molar refractivity (Wildman–Crippen MR) is 58.1 cm³/mol. The lowest BCUT2D eigenvalue weighted by Gasteiger charge is -2.56. The molecule has 1 amide bonds. The number of hydrogen-bond acceptors (Lipinski definition) is 2. The van der Waals surface area contributed by atoms with Crippen molar-refractivity contribution in [3.8, 4) is 0 Å². The summed E-state index contributed by atoms with van der Waals surface area (Å²) in [6.07, 6.45) is 6.34. The van der Waals surface area contributed by atoms with Crippen molar-refractivity contribution in [2.24, 2.45) is 11.3 Å². The van der Waals surface area contributed by atoms with Gasteiger partial charge in [0.15, 0.2) is 0 Å². The Morgan fingerprint density at radius 3 is 2.47 bits per heavy atom. The summed E-state index contributed by atoms with van der Waals surface area (Å²) in [5, 5.41) is 9.19. The normalized spacial score (nSPS) is 31.5. The van der Waals surface area contributed by atoms with Gasteiger partial charge in [0, 0.05) is 0 Å². The largest absolute Gasteiger partial charge is 0.376 e. The molecule has 3 heteroatoms. The molecule has 15 heavy (non-hydrogen) atoms. The lowest BCUT2D eigenvalue weighted by Crippen LogP contribution is -2.69. The molecule has 1 saturated carbocycles. The Morgan fingerprint density at radius 2 is 1.93 bits per heavy atom. The van der Waals surface area contributed by atoms with Crippen LogP contribution in [0.25, 0.3) is 0 Å². The van der Waals surface area contributed by atoms with E-state index >= 15 is 0 Å². The first-order valence-electron chi connectivity index (χ1n) is 6.01. The topological polar surface area (TPSA) is 40.5 Å². The first kappa shape index (κ1) is 10.9. The summed E-state index contributed by atoms with van der Waals surface area (Å²) in [5.74, 6) is 0.721. The Hall–Kier alpha value is -0.570. The van der Waals surface area contributed by atoms with Crippen LogP contribution < -0.4 is 0 Å². The van der Waals surface area contributed by atoms with Crippen molar-refractivity contribution in [3.63, 3.8) is 0 Å². The monoisotopic (exact) mass is 211 g/mol. The zero-order chi connectivity index (χ0) is 11.1. The molecule has 3 nitrogen and oxygen atoms in total. The van der Waals surface area contributed by atoms with E-state index in [1.807, 2.05) is 13.8 Å². The molecule has 1 heterocycles. The molecule has 1 saturated heterocycles. The second kappa shape index (κ2) is 3.78. The molecular formula is C12H21NO2. The molecule has 0 unspecified atom stereocenters. The summed E-state index contributed by atoms with van der Waals surface area (Å²) in [5.41, 5.74) is -0.245. The average Bonchev–Trinajstić information content (AvgIpc) is 2.25. The van der Waals surface area contributed by atoms with Gasteiger partial charge in [-0.15, -0.1) is 0 Å². The predicted octanol–water partition coefficient (Wildman–Crippen LogP) is 1.75. The van der Waals surface area contributed by atoms with E-state index < -0.39 is 0 Å². The molecule has 1 N–H and O–H groups in total. The Bertz CT molecular complexity index is 256. The van der Waals surface area contributed by atoms with Crippen molar-refractivity contribution in [1.29, 1.82) is 0 Å². The molecule has 2 aliphatic rings. The van der Waals surface area contributed by atoms with Crippen LogP contribution in [0.5, 0.6) is 0 Å². The van der Waals surface area contributed by atoms with Crippen LogP contribution in [-0.2, 0) is 4.79 Å². The van der Waals surface area contributed by atoms with Crippen molar-refractivity contribution in [2.45, 2.75) is 52.0 Å². The number of nitrogens with zero attached hydrogens (tertiary/aromatic N) is 1. The van der Waals surface area contributed by atoms with Crippen LogP contribution in [0.2, 0.25) is 0 Å². The lowest BCUT2D eigenvalue weighted by molar-refractivity contribution is -0.183. The van der Waals surface area contributed by atoms with E-state index in [-0.39, 0.29) is 24.1 Å². The Balaban J connectivity index is 2.09. The molecule has 0 radical (unpaired) electrons. The minimum Gasteiger partial charge on any atom is -0.376 e. The molecule has 0 aromatic rings. The number of rotatable bonds is 2. The number of aliphatic hydroxyl groups excluding tert-OH is 1. The number of carbonyl (C=O) groups is 1. The van der Waals surface area contributed by atoms with Gasteiger partial charge in [-0.2, -0.15) is 0 Å². The van der Waals surface area contributed by atoms with Crippen molar-refractivity contribution in [2.75, 3.05) is 6.73 Å². The molecule has 0 spiro atoms. The van der Waals surface area contributed by atoms with Gasteiger partial charge in [-0.3, -0.25) is 4.79 Å².